The fourth-order valence-electron chi connectivity index (χ4n) is 1.52. The number of rotatable bonds is 7. The highest BCUT2D eigenvalue weighted by Crippen LogP contribution is 2.24. The van der Waals surface area contributed by atoms with Crippen LogP contribution in [0.15, 0.2) is 5.21 Å². The van der Waals surface area contributed by atoms with Gasteiger partial charge in [0.25, 0.3) is 0 Å². The van der Waals surface area contributed by atoms with Crippen molar-refractivity contribution in [3.63, 3.8) is 0 Å². The molecule has 0 aromatic heterocycles. The quantitative estimate of drug-likeness (QED) is 0.440. The Bertz CT molecular complexity index is 242. The first kappa shape index (κ1) is 15.7. The summed E-state index contributed by atoms with van der Waals surface area (Å²) in [6.45, 7) is 3.98. The Kier molecular flexibility index (Phi) is 8.32. The van der Waals surface area contributed by atoms with Gasteiger partial charge in [0.2, 0.25) is 5.17 Å². The van der Waals surface area contributed by atoms with Crippen LogP contribution >= 0.6 is 11.8 Å². The molecule has 1 aliphatic heterocycles. The van der Waals surface area contributed by atoms with Gasteiger partial charge >= 0.3 is 0 Å². The molecule has 18 heavy (non-hydrogen) atoms. The van der Waals surface area contributed by atoms with Crippen LogP contribution in [0, 0.1) is 0 Å². The molecule has 0 saturated carbocycles. The van der Waals surface area contributed by atoms with E-state index in [-0.39, 0.29) is 17.2 Å². The first-order valence-electron chi connectivity index (χ1n) is 6.30. The van der Waals surface area contributed by atoms with Crippen LogP contribution in [-0.4, -0.2) is 47.1 Å². The second-order valence-corrected chi connectivity index (χ2v) is 5.07. The molecule has 0 aromatic rings. The Hall–Kier alpha value is -0.370. The van der Waals surface area contributed by atoms with Gasteiger partial charge in [-0.25, -0.2) is 5.06 Å². The zero-order valence-corrected chi connectivity index (χ0v) is 11.5. The van der Waals surface area contributed by atoms with Crippen molar-refractivity contribution >= 4 is 16.9 Å². The first-order chi connectivity index (χ1) is 8.81. The molecule has 1 heterocycles. The van der Waals surface area contributed by atoms with Crippen LogP contribution in [0.25, 0.3) is 0 Å². The Morgan fingerprint density at radius 3 is 3.06 bits per heavy atom. The van der Waals surface area contributed by atoms with Crippen LogP contribution in [0.3, 0.4) is 0 Å². The van der Waals surface area contributed by atoms with Gasteiger partial charge in [0.1, 0.15) is 5.44 Å². The number of thioether (sulfide) groups is 1. The monoisotopic (exact) mass is 280 g/mol. The van der Waals surface area contributed by atoms with Gasteiger partial charge in [-0.2, -0.15) is 0 Å². The molecule has 1 atom stereocenters. The molecule has 0 aliphatic carbocycles. The summed E-state index contributed by atoms with van der Waals surface area (Å²) >= 11 is 1.21. The number of amidine groups is 1. The summed E-state index contributed by atoms with van der Waals surface area (Å²) in [4.78, 5) is 5.25. The number of hydrogen-bond donors (Lipinski definition) is 1. The zero-order valence-electron chi connectivity index (χ0n) is 10.7. The molecule has 0 radical (unpaired) electrons. The van der Waals surface area contributed by atoms with Gasteiger partial charge in [0, 0.05) is 13.2 Å². The van der Waals surface area contributed by atoms with Crippen LogP contribution in [0.1, 0.15) is 32.6 Å². The van der Waals surface area contributed by atoms with E-state index in [1.807, 2.05) is 6.92 Å². The second-order valence-electron chi connectivity index (χ2n) is 3.94. The molecular weight excluding hydrogens is 259 g/mol. The summed E-state index contributed by atoms with van der Waals surface area (Å²) in [6, 6.07) is 0. The molecule has 7 heteroatoms. The second kappa shape index (κ2) is 9.55. The molecule has 0 bridgehead atoms. The highest BCUT2D eigenvalue weighted by molar-refractivity contribution is 8.14. The van der Waals surface area contributed by atoms with E-state index in [2.05, 4.69) is 5.21 Å². The van der Waals surface area contributed by atoms with E-state index in [9.17, 15) is 4.48 Å². The highest BCUT2D eigenvalue weighted by atomic mass is 32.2. The van der Waals surface area contributed by atoms with Crippen LogP contribution in [-0.2, 0) is 9.57 Å². The van der Waals surface area contributed by atoms with Gasteiger partial charge in [-0.05, 0) is 25.7 Å². The van der Waals surface area contributed by atoms with E-state index < -0.39 is 0 Å². The van der Waals surface area contributed by atoms with E-state index in [1.54, 1.807) is 0 Å². The number of ether oxygens (including phenoxy) is 1. The van der Waals surface area contributed by atoms with Gasteiger partial charge in [-0.15, -0.1) is 0 Å². The lowest BCUT2D eigenvalue weighted by Gasteiger charge is -2.21. The number of hydrogen-bond acceptors (Lipinski definition) is 5. The van der Waals surface area contributed by atoms with E-state index >= 15 is 0 Å². The predicted molar refractivity (Wildman–Crippen MR) is 69.8 cm³/mol. The summed E-state index contributed by atoms with van der Waals surface area (Å²) in [6.07, 6.45) is 3.06. The molecule has 1 saturated heterocycles. The van der Waals surface area contributed by atoms with E-state index in [4.69, 9.17) is 14.7 Å². The number of hydroxylamine groups is 2. The molecule has 0 amide bonds. The van der Waals surface area contributed by atoms with Crippen molar-refractivity contribution in [3.8, 4) is 0 Å². The van der Waals surface area contributed by atoms with E-state index in [0.29, 0.717) is 32.6 Å². The minimum Gasteiger partial charge on any atom is -0.396 e. The van der Waals surface area contributed by atoms with Crippen molar-refractivity contribution in [1.29, 1.82) is 0 Å². The van der Waals surface area contributed by atoms with Crippen molar-refractivity contribution in [2.45, 2.75) is 38.0 Å². The minimum atomic E-state index is -0.198. The molecule has 0 spiro atoms. The molecule has 0 unspecified atom stereocenters. The molecule has 1 aliphatic rings. The fraction of sp³-hybridized carbons (Fsp3) is 0.909. The van der Waals surface area contributed by atoms with Crippen LogP contribution < -0.4 is 0 Å². The molecule has 106 valence electrons. The molecular formula is C11H21FN2O3S. The molecule has 1 N–H and O–H groups in total. The van der Waals surface area contributed by atoms with Crippen LogP contribution in [0.4, 0.5) is 4.48 Å². The lowest BCUT2D eigenvalue weighted by Crippen LogP contribution is -2.26. The predicted octanol–water partition coefficient (Wildman–Crippen LogP) is 2.12. The fourth-order valence-corrected chi connectivity index (χ4v) is 2.51. The number of aliphatic hydroxyl groups is 1. The summed E-state index contributed by atoms with van der Waals surface area (Å²) in [5.41, 5.74) is -0.198. The number of nitrogens with zero attached hydrogens (tertiary/aromatic N) is 2. The zero-order chi connectivity index (χ0) is 13.2. The first-order valence-corrected chi connectivity index (χ1v) is 7.18. The smallest absolute Gasteiger partial charge is 0.222 e. The third-order valence-electron chi connectivity index (χ3n) is 2.38. The third kappa shape index (κ3) is 5.51. The Morgan fingerprint density at radius 2 is 2.50 bits per heavy atom. The van der Waals surface area contributed by atoms with Crippen molar-refractivity contribution in [2.75, 3.05) is 26.4 Å². The average Bonchev–Trinajstić information content (AvgIpc) is 2.92. The SMILES string of the molecule is CCCO[C@@H](CCCO)S/C(=N/F)N1CCCO1. The average molecular weight is 280 g/mol. The van der Waals surface area contributed by atoms with Crippen molar-refractivity contribution < 1.29 is 19.2 Å². The van der Waals surface area contributed by atoms with Gasteiger partial charge in [0.15, 0.2) is 0 Å². The van der Waals surface area contributed by atoms with Gasteiger partial charge in [0.05, 0.1) is 13.2 Å². The maximum atomic E-state index is 12.7. The Morgan fingerprint density at radius 1 is 1.67 bits per heavy atom. The third-order valence-corrected chi connectivity index (χ3v) is 3.50. The minimum absolute atomic E-state index is 0.106. The van der Waals surface area contributed by atoms with Crippen molar-refractivity contribution in [2.24, 2.45) is 5.21 Å². The van der Waals surface area contributed by atoms with Crippen molar-refractivity contribution in [1.82, 2.24) is 5.06 Å². The van der Waals surface area contributed by atoms with Crippen LogP contribution in [0.2, 0.25) is 0 Å². The summed E-state index contributed by atoms with van der Waals surface area (Å²) in [7, 11) is 0. The largest absolute Gasteiger partial charge is 0.396 e. The highest BCUT2D eigenvalue weighted by Gasteiger charge is 2.23. The normalized spacial score (nSPS) is 18.4. The maximum absolute atomic E-state index is 12.7. The molecule has 5 nitrogen and oxygen atoms in total. The molecule has 1 rings (SSSR count). The summed E-state index contributed by atoms with van der Waals surface area (Å²) in [5.74, 6) is 0. The Balaban J connectivity index is 2.44. The lowest BCUT2D eigenvalue weighted by molar-refractivity contribution is -0.0420. The summed E-state index contributed by atoms with van der Waals surface area (Å²) < 4.78 is 18.3. The van der Waals surface area contributed by atoms with E-state index in [0.717, 1.165) is 12.8 Å². The van der Waals surface area contributed by atoms with Crippen LogP contribution in [0.5, 0.6) is 0 Å². The van der Waals surface area contributed by atoms with Gasteiger partial charge in [-0.1, -0.05) is 28.4 Å². The Labute approximate surface area is 111 Å². The van der Waals surface area contributed by atoms with Gasteiger partial charge in [-0.3, -0.25) is 4.84 Å². The van der Waals surface area contributed by atoms with Gasteiger partial charge < -0.3 is 9.84 Å². The topological polar surface area (TPSA) is 54.3 Å². The number of aliphatic hydroxyl groups excluding tert-OH is 1. The molecule has 0 aromatic carbocycles. The summed E-state index contributed by atoms with van der Waals surface area (Å²) in [5, 5.41) is 13.3. The standard InChI is InChI=1S/C11H21FN2O3S/c1-2-8-16-10(5-3-7-15)18-11(13-12)14-6-4-9-17-14/h10,15H,2-9H2,1H3/b13-11+/t10-/m1/s1. The molecule has 1 fully saturated rings. The maximum Gasteiger partial charge on any atom is 0.222 e. The van der Waals surface area contributed by atoms with E-state index in [1.165, 1.54) is 16.8 Å². The lowest BCUT2D eigenvalue weighted by atomic mass is 10.3. The van der Waals surface area contributed by atoms with Crippen molar-refractivity contribution in [3.05, 3.63) is 0 Å². The number of halogens is 1.